The highest BCUT2D eigenvalue weighted by molar-refractivity contribution is 5.88. The van der Waals surface area contributed by atoms with E-state index in [9.17, 15) is 9.90 Å². The van der Waals surface area contributed by atoms with Crippen molar-refractivity contribution in [2.24, 2.45) is 0 Å². The lowest BCUT2D eigenvalue weighted by molar-refractivity contribution is -0.0221. The number of carbonyl (C=O) groups excluding carboxylic acids is 1. The van der Waals surface area contributed by atoms with Gasteiger partial charge in [-0.05, 0) is 43.4 Å². The van der Waals surface area contributed by atoms with Crippen LogP contribution in [0.15, 0.2) is 72.4 Å². The van der Waals surface area contributed by atoms with Gasteiger partial charge >= 0.3 is 6.09 Å². The summed E-state index contributed by atoms with van der Waals surface area (Å²) in [6.45, 7) is 1.56. The van der Waals surface area contributed by atoms with E-state index in [-0.39, 0.29) is 6.54 Å². The Morgan fingerprint density at radius 3 is 2.87 bits per heavy atom. The third kappa shape index (κ3) is 4.79. The Morgan fingerprint density at radius 2 is 2.08 bits per heavy atom. The Balaban J connectivity index is 1.08. The summed E-state index contributed by atoms with van der Waals surface area (Å²) in [4.78, 5) is 25.3. The third-order valence-corrected chi connectivity index (χ3v) is 7.42. The fraction of sp³-hybridized carbons (Fsp3) is 0.393. The van der Waals surface area contributed by atoms with E-state index in [1.807, 2.05) is 24.3 Å². The number of aliphatic hydroxyl groups is 1. The first kappa shape index (κ1) is 24.3. The second-order valence-electron chi connectivity index (χ2n) is 9.92. The fourth-order valence-electron chi connectivity index (χ4n) is 5.34. The van der Waals surface area contributed by atoms with Crippen molar-refractivity contribution in [3.05, 3.63) is 72.4 Å². The predicted molar refractivity (Wildman–Crippen MR) is 139 cm³/mol. The highest BCUT2D eigenvalue weighted by Crippen LogP contribution is 2.36. The van der Waals surface area contributed by atoms with Gasteiger partial charge in [0.05, 0.1) is 30.5 Å². The van der Waals surface area contributed by atoms with Crippen molar-refractivity contribution in [2.45, 2.75) is 43.8 Å². The van der Waals surface area contributed by atoms with Gasteiger partial charge in [-0.15, -0.1) is 0 Å². The third-order valence-electron chi connectivity index (χ3n) is 7.42. The summed E-state index contributed by atoms with van der Waals surface area (Å²) < 4.78 is 22.4. The number of carbonyl (C=O) groups is 1. The molecule has 1 amide bonds. The normalized spacial score (nSPS) is 22.7. The lowest BCUT2D eigenvalue weighted by atomic mass is 9.86. The van der Waals surface area contributed by atoms with Gasteiger partial charge in [-0.2, -0.15) is 0 Å². The monoisotopic (exact) mass is 518 g/mol. The Hall–Kier alpha value is -4.05. The van der Waals surface area contributed by atoms with Crippen LogP contribution in [0.2, 0.25) is 0 Å². The molecule has 0 spiro atoms. The summed E-state index contributed by atoms with van der Waals surface area (Å²) in [5.41, 5.74) is 2.59. The van der Waals surface area contributed by atoms with Crippen molar-refractivity contribution < 1.29 is 28.8 Å². The number of rotatable bonds is 6. The smallest absolute Gasteiger partial charge is 0.417 e. The minimum absolute atomic E-state index is 0.283. The predicted octanol–water partition coefficient (Wildman–Crippen LogP) is 4.14. The summed E-state index contributed by atoms with van der Waals surface area (Å²) in [7, 11) is 1.59. The van der Waals surface area contributed by atoms with Crippen molar-refractivity contribution in [1.29, 1.82) is 0 Å². The van der Waals surface area contributed by atoms with Crippen LogP contribution >= 0.6 is 0 Å². The summed E-state index contributed by atoms with van der Waals surface area (Å²) in [6.07, 6.45) is 13.0. The lowest BCUT2D eigenvalue weighted by Gasteiger charge is -2.40. The van der Waals surface area contributed by atoms with E-state index in [0.29, 0.717) is 49.9 Å². The molecule has 0 unspecified atom stereocenters. The van der Waals surface area contributed by atoms with Crippen molar-refractivity contribution in [2.75, 3.05) is 31.6 Å². The van der Waals surface area contributed by atoms with E-state index in [2.05, 4.69) is 20.9 Å². The number of aromatic nitrogens is 2. The molecule has 2 aromatic heterocycles. The van der Waals surface area contributed by atoms with Crippen LogP contribution in [0.4, 0.5) is 10.5 Å². The topological polar surface area (TPSA) is 106 Å². The van der Waals surface area contributed by atoms with Crippen LogP contribution in [-0.2, 0) is 14.2 Å². The summed E-state index contributed by atoms with van der Waals surface area (Å²) >= 11 is 0. The maximum Gasteiger partial charge on any atom is 0.417 e. The summed E-state index contributed by atoms with van der Waals surface area (Å²) in [5, 5.41) is 11.4. The highest BCUT2D eigenvalue weighted by Gasteiger charge is 2.42. The molecule has 6 rings (SSSR count). The summed E-state index contributed by atoms with van der Waals surface area (Å²) in [5.74, 6) is 1.41. The zero-order valence-electron chi connectivity index (χ0n) is 21.2. The average Bonchev–Trinajstić information content (AvgIpc) is 3.32. The Kier molecular flexibility index (Phi) is 6.40. The van der Waals surface area contributed by atoms with Crippen molar-refractivity contribution in [3.8, 4) is 5.88 Å². The van der Waals surface area contributed by atoms with Crippen molar-refractivity contribution >= 4 is 22.8 Å². The molecular weight excluding hydrogens is 488 g/mol. The van der Waals surface area contributed by atoms with Crippen LogP contribution in [0.5, 0.6) is 5.88 Å². The maximum absolute atomic E-state index is 12.7. The number of ether oxygens (including phenoxy) is 4. The maximum atomic E-state index is 12.7. The first-order chi connectivity index (χ1) is 18.5. The number of cyclic esters (lactones) is 1. The molecule has 1 N–H and O–H groups in total. The molecule has 3 aliphatic heterocycles. The van der Waals surface area contributed by atoms with E-state index in [0.717, 1.165) is 35.1 Å². The quantitative estimate of drug-likeness (QED) is 0.604. The molecule has 1 atom stereocenters. The van der Waals surface area contributed by atoms with E-state index >= 15 is 0 Å². The number of allylic oxidation sites excluding steroid dienone is 4. The minimum atomic E-state index is -0.950. The molecule has 0 aromatic carbocycles. The average molecular weight is 519 g/mol. The van der Waals surface area contributed by atoms with E-state index < -0.39 is 17.8 Å². The van der Waals surface area contributed by atoms with Gasteiger partial charge in [-0.3, -0.25) is 4.98 Å². The van der Waals surface area contributed by atoms with Gasteiger partial charge in [-0.25, -0.2) is 14.7 Å². The highest BCUT2D eigenvalue weighted by atomic mass is 16.6. The van der Waals surface area contributed by atoms with Gasteiger partial charge in [0.25, 0.3) is 0 Å². The number of nitrogens with zero attached hydrogens (tertiary/aromatic N) is 4. The van der Waals surface area contributed by atoms with Crippen LogP contribution in [0, 0.1) is 0 Å². The Bertz CT molecular complexity index is 1360. The second-order valence-corrected chi connectivity index (χ2v) is 9.92. The molecule has 1 aliphatic carbocycles. The zero-order valence-corrected chi connectivity index (χ0v) is 21.2. The molecule has 0 radical (unpaired) electrons. The number of fused-ring (bicyclic) bond motifs is 1. The van der Waals surface area contributed by atoms with Crippen LogP contribution < -0.4 is 9.64 Å². The van der Waals surface area contributed by atoms with Gasteiger partial charge in [0.1, 0.15) is 17.9 Å². The molecule has 2 saturated heterocycles. The molecule has 38 heavy (non-hydrogen) atoms. The van der Waals surface area contributed by atoms with Crippen LogP contribution in [0.1, 0.15) is 32.1 Å². The molecule has 10 nitrogen and oxygen atoms in total. The molecule has 0 saturated carbocycles. The Morgan fingerprint density at radius 1 is 1.21 bits per heavy atom. The molecule has 2 fully saturated rings. The first-order valence-electron chi connectivity index (χ1n) is 12.9. The number of piperidine rings is 1. The lowest BCUT2D eigenvalue weighted by Crippen LogP contribution is -2.46. The van der Waals surface area contributed by atoms with Crippen LogP contribution in [0.25, 0.3) is 11.0 Å². The largest absolute Gasteiger partial charge is 0.481 e. The number of hydrogen-bond acceptors (Lipinski definition) is 9. The summed E-state index contributed by atoms with van der Waals surface area (Å²) in [6, 6.07) is 5.63. The van der Waals surface area contributed by atoms with Gasteiger partial charge in [-0.1, -0.05) is 18.2 Å². The SMILES string of the molecule is COc1ccc2nccc(N3CCC(O)(C[C@@H]4CN(C5=COC=C(C6=CC=CCC6)O5)C(=O)O4)CC3)c2n1. The van der Waals surface area contributed by atoms with E-state index in [4.69, 9.17) is 18.9 Å². The zero-order chi connectivity index (χ0) is 26.1. The van der Waals surface area contributed by atoms with Gasteiger partial charge in [0, 0.05) is 31.8 Å². The number of amides is 1. The van der Waals surface area contributed by atoms with Crippen molar-refractivity contribution in [1.82, 2.24) is 14.9 Å². The van der Waals surface area contributed by atoms with Crippen molar-refractivity contribution in [3.63, 3.8) is 0 Å². The second kappa shape index (κ2) is 10.0. The minimum Gasteiger partial charge on any atom is -0.481 e. The molecule has 2 aromatic rings. The number of anilines is 1. The first-order valence-corrected chi connectivity index (χ1v) is 12.9. The van der Waals surface area contributed by atoms with Gasteiger partial charge < -0.3 is 29.0 Å². The standard InChI is InChI=1S/C28H30N4O6/c1-35-24-8-7-21-26(30-24)22(9-12-29-21)31-13-10-28(34,11-14-31)15-20-16-32(27(33)37-20)25-18-36-17-23(38-25)19-5-3-2-4-6-19/h2-3,5,7-9,12,17-18,20,34H,4,6,10-11,13-16H2,1H3/t20-/m1/s1. The molecule has 198 valence electrons. The fourth-order valence-corrected chi connectivity index (χ4v) is 5.34. The number of pyridine rings is 2. The number of methoxy groups -OCH3 is 1. The van der Waals surface area contributed by atoms with E-state index in [1.54, 1.807) is 25.6 Å². The van der Waals surface area contributed by atoms with Gasteiger partial charge in [0.2, 0.25) is 11.8 Å². The van der Waals surface area contributed by atoms with E-state index in [1.165, 1.54) is 11.2 Å². The number of hydrogen-bond donors (Lipinski definition) is 1. The molecule has 5 heterocycles. The van der Waals surface area contributed by atoms with Crippen LogP contribution in [0.3, 0.4) is 0 Å². The van der Waals surface area contributed by atoms with Crippen LogP contribution in [-0.4, -0.2) is 64.5 Å². The molecule has 4 aliphatic rings. The molecular formula is C28H30N4O6. The Labute approximate surface area is 220 Å². The molecule has 0 bridgehead atoms. The van der Waals surface area contributed by atoms with Gasteiger partial charge in [0.15, 0.2) is 12.0 Å². The molecule has 10 heteroatoms.